The van der Waals surface area contributed by atoms with Gasteiger partial charge in [0.05, 0.1) is 6.61 Å². The van der Waals surface area contributed by atoms with Crippen molar-refractivity contribution < 1.29 is 4.74 Å². The predicted octanol–water partition coefficient (Wildman–Crippen LogP) is 3.46. The van der Waals surface area contributed by atoms with Gasteiger partial charge in [-0.25, -0.2) is 0 Å². The number of hydrogen-bond donors (Lipinski definition) is 1. The monoisotopic (exact) mass is 229 g/mol. The molecule has 2 heteroatoms. The highest BCUT2D eigenvalue weighted by Gasteiger charge is 2.18. The van der Waals surface area contributed by atoms with E-state index < -0.39 is 0 Å². The van der Waals surface area contributed by atoms with Crippen molar-refractivity contribution in [2.75, 3.05) is 20.3 Å². The van der Waals surface area contributed by atoms with Gasteiger partial charge in [-0.1, -0.05) is 34.6 Å². The number of rotatable bonds is 8. The molecule has 0 aromatic heterocycles. The van der Waals surface area contributed by atoms with Crippen molar-refractivity contribution in [1.29, 1.82) is 0 Å². The summed E-state index contributed by atoms with van der Waals surface area (Å²) in [7, 11) is 1.79. The average Bonchev–Trinajstić information content (AvgIpc) is 2.11. The maximum absolute atomic E-state index is 5.27. The first-order valence-electron chi connectivity index (χ1n) is 6.61. The van der Waals surface area contributed by atoms with Crippen molar-refractivity contribution >= 4 is 0 Å². The van der Waals surface area contributed by atoms with Crippen LogP contribution in [0.2, 0.25) is 0 Å². The molecule has 2 unspecified atom stereocenters. The van der Waals surface area contributed by atoms with E-state index in [4.69, 9.17) is 4.74 Å². The molecule has 0 amide bonds. The van der Waals surface area contributed by atoms with Gasteiger partial charge in [-0.3, -0.25) is 0 Å². The van der Waals surface area contributed by atoms with Gasteiger partial charge in [0.2, 0.25) is 0 Å². The van der Waals surface area contributed by atoms with E-state index in [1.165, 1.54) is 19.3 Å². The molecule has 2 nitrogen and oxygen atoms in total. The summed E-state index contributed by atoms with van der Waals surface area (Å²) in [5, 5.41) is 3.56. The summed E-state index contributed by atoms with van der Waals surface area (Å²) < 4.78 is 5.27. The minimum atomic E-state index is 0.432. The summed E-state index contributed by atoms with van der Waals surface area (Å²) in [6.45, 7) is 13.4. The van der Waals surface area contributed by atoms with E-state index in [0.717, 1.165) is 19.1 Å². The molecule has 0 spiro atoms. The Balaban J connectivity index is 3.96. The molecule has 0 fully saturated rings. The Hall–Kier alpha value is -0.0800. The third-order valence-electron chi connectivity index (χ3n) is 2.70. The fraction of sp³-hybridized carbons (Fsp3) is 1.00. The maximum Gasteiger partial charge on any atom is 0.0615 e. The van der Waals surface area contributed by atoms with Crippen molar-refractivity contribution in [1.82, 2.24) is 5.32 Å². The van der Waals surface area contributed by atoms with Crippen molar-refractivity contribution in [2.45, 2.75) is 59.9 Å². The van der Waals surface area contributed by atoms with Crippen LogP contribution in [0.25, 0.3) is 0 Å². The van der Waals surface area contributed by atoms with Crippen LogP contribution in [-0.2, 0) is 4.74 Å². The summed E-state index contributed by atoms with van der Waals surface area (Å²) in [5.74, 6) is 0.754. The topological polar surface area (TPSA) is 21.3 Å². The molecular formula is C14H31NO. The Morgan fingerprint density at radius 1 is 1.25 bits per heavy atom. The third kappa shape index (κ3) is 9.17. The van der Waals surface area contributed by atoms with E-state index in [1.54, 1.807) is 7.11 Å². The summed E-state index contributed by atoms with van der Waals surface area (Å²) in [4.78, 5) is 0. The molecule has 16 heavy (non-hydrogen) atoms. The van der Waals surface area contributed by atoms with E-state index in [2.05, 4.69) is 39.9 Å². The van der Waals surface area contributed by atoms with Crippen LogP contribution in [0.4, 0.5) is 0 Å². The molecule has 0 bridgehead atoms. The minimum Gasteiger partial charge on any atom is -0.383 e. The molecule has 0 saturated heterocycles. The van der Waals surface area contributed by atoms with E-state index >= 15 is 0 Å². The molecule has 0 aliphatic carbocycles. The molecule has 0 radical (unpaired) electrons. The van der Waals surface area contributed by atoms with Gasteiger partial charge in [0.1, 0.15) is 0 Å². The lowest BCUT2D eigenvalue weighted by Gasteiger charge is -2.27. The quantitative estimate of drug-likeness (QED) is 0.688. The zero-order chi connectivity index (χ0) is 12.6. The van der Waals surface area contributed by atoms with Gasteiger partial charge in [0.25, 0.3) is 0 Å². The van der Waals surface area contributed by atoms with E-state index in [9.17, 15) is 0 Å². The first-order valence-corrected chi connectivity index (χ1v) is 6.61. The van der Waals surface area contributed by atoms with E-state index in [-0.39, 0.29) is 0 Å². The summed E-state index contributed by atoms with van der Waals surface area (Å²) >= 11 is 0. The summed E-state index contributed by atoms with van der Waals surface area (Å²) in [6.07, 6.45) is 3.68. The number of hydrogen-bond acceptors (Lipinski definition) is 2. The third-order valence-corrected chi connectivity index (χ3v) is 2.70. The van der Waals surface area contributed by atoms with Gasteiger partial charge in [-0.2, -0.15) is 0 Å². The van der Waals surface area contributed by atoms with Crippen LogP contribution >= 0.6 is 0 Å². The van der Waals surface area contributed by atoms with Gasteiger partial charge in [0.15, 0.2) is 0 Å². The molecule has 0 aromatic carbocycles. The fourth-order valence-electron chi connectivity index (χ4n) is 2.37. The minimum absolute atomic E-state index is 0.432. The first kappa shape index (κ1) is 15.9. The number of nitrogens with one attached hydrogen (secondary N) is 1. The van der Waals surface area contributed by atoms with Crippen LogP contribution in [0.15, 0.2) is 0 Å². The largest absolute Gasteiger partial charge is 0.383 e. The normalized spacial score (nSPS) is 16.1. The van der Waals surface area contributed by atoms with Crippen LogP contribution < -0.4 is 5.32 Å². The maximum atomic E-state index is 5.27. The number of methoxy groups -OCH3 is 1. The van der Waals surface area contributed by atoms with E-state index in [1.807, 2.05) is 0 Å². The van der Waals surface area contributed by atoms with E-state index in [0.29, 0.717) is 11.5 Å². The molecule has 2 atom stereocenters. The second-order valence-electron chi connectivity index (χ2n) is 6.21. The lowest BCUT2D eigenvalue weighted by molar-refractivity contribution is 0.149. The Bertz CT molecular complexity index is 163. The highest BCUT2D eigenvalue weighted by atomic mass is 16.5. The first-order chi connectivity index (χ1) is 7.39. The lowest BCUT2D eigenvalue weighted by atomic mass is 9.83. The molecule has 0 saturated carbocycles. The van der Waals surface area contributed by atoms with Crippen LogP contribution in [0, 0.1) is 11.3 Å². The SMILES string of the molecule is CCCNC(COC)CC(C)CC(C)(C)C. The highest BCUT2D eigenvalue weighted by Crippen LogP contribution is 2.26. The average molecular weight is 229 g/mol. The predicted molar refractivity (Wildman–Crippen MR) is 71.8 cm³/mol. The second kappa shape index (κ2) is 8.08. The Kier molecular flexibility index (Phi) is 8.04. The Morgan fingerprint density at radius 2 is 1.88 bits per heavy atom. The van der Waals surface area contributed by atoms with Crippen LogP contribution in [0.1, 0.15) is 53.9 Å². The van der Waals surface area contributed by atoms with Crippen LogP contribution in [-0.4, -0.2) is 26.3 Å². The molecule has 0 aliphatic heterocycles. The Labute approximate surface area is 102 Å². The van der Waals surface area contributed by atoms with Gasteiger partial charge >= 0.3 is 0 Å². The molecular weight excluding hydrogens is 198 g/mol. The molecule has 98 valence electrons. The van der Waals surface area contributed by atoms with Crippen LogP contribution in [0.5, 0.6) is 0 Å². The Morgan fingerprint density at radius 3 is 2.31 bits per heavy atom. The molecule has 0 aromatic rings. The standard InChI is InChI=1S/C14H31NO/c1-7-8-15-13(11-16-6)9-12(2)10-14(3,4)5/h12-13,15H,7-11H2,1-6H3. The fourth-order valence-corrected chi connectivity index (χ4v) is 2.37. The van der Waals surface area contributed by atoms with Crippen LogP contribution in [0.3, 0.4) is 0 Å². The van der Waals surface area contributed by atoms with Crippen molar-refractivity contribution in [3.05, 3.63) is 0 Å². The zero-order valence-corrected chi connectivity index (χ0v) is 12.1. The van der Waals surface area contributed by atoms with Gasteiger partial charge in [-0.05, 0) is 37.1 Å². The summed E-state index contributed by atoms with van der Waals surface area (Å²) in [6, 6.07) is 0.516. The zero-order valence-electron chi connectivity index (χ0n) is 12.1. The van der Waals surface area contributed by atoms with Gasteiger partial charge < -0.3 is 10.1 Å². The molecule has 0 rings (SSSR count). The smallest absolute Gasteiger partial charge is 0.0615 e. The molecule has 0 heterocycles. The highest BCUT2D eigenvalue weighted by molar-refractivity contribution is 4.73. The van der Waals surface area contributed by atoms with Gasteiger partial charge in [-0.15, -0.1) is 0 Å². The molecule has 1 N–H and O–H groups in total. The summed E-state index contributed by atoms with van der Waals surface area (Å²) in [5.41, 5.74) is 0.432. The molecule has 0 aliphatic rings. The second-order valence-corrected chi connectivity index (χ2v) is 6.21. The van der Waals surface area contributed by atoms with Crippen molar-refractivity contribution in [3.63, 3.8) is 0 Å². The van der Waals surface area contributed by atoms with Gasteiger partial charge in [0, 0.05) is 13.2 Å². The van der Waals surface area contributed by atoms with Crippen molar-refractivity contribution in [2.24, 2.45) is 11.3 Å². The lowest BCUT2D eigenvalue weighted by Crippen LogP contribution is -2.35. The number of ether oxygens (including phenoxy) is 1. The van der Waals surface area contributed by atoms with Crippen molar-refractivity contribution in [3.8, 4) is 0 Å².